The Morgan fingerprint density at radius 2 is 1.32 bits per heavy atom. The van der Waals surface area contributed by atoms with E-state index < -0.39 is 10.0 Å². The molecular weight excluding hydrogens is 494 g/mol. The van der Waals surface area contributed by atoms with Crippen LogP contribution in [0.5, 0.6) is 0 Å². The third-order valence-electron chi connectivity index (χ3n) is 6.38. The summed E-state index contributed by atoms with van der Waals surface area (Å²) in [7, 11) is -3.80. The second-order valence-corrected chi connectivity index (χ2v) is 10.8. The molecule has 0 aliphatic carbocycles. The SMILES string of the molecule is Cc1ccc(-c2c(-c3ccc(S(N)(=O)=O)cc3)nn(Cc3ccccc3)c2COCc2ccccc2)cc1. The lowest BCUT2D eigenvalue weighted by molar-refractivity contribution is 0.102. The van der Waals surface area contributed by atoms with Gasteiger partial charge in [0.1, 0.15) is 5.69 Å². The molecule has 192 valence electrons. The maximum absolute atomic E-state index is 11.8. The average Bonchev–Trinajstić information content (AvgIpc) is 3.27. The number of benzene rings is 4. The molecule has 2 N–H and O–H groups in total. The van der Waals surface area contributed by atoms with Gasteiger partial charge in [-0.25, -0.2) is 13.6 Å². The average molecular weight is 524 g/mol. The van der Waals surface area contributed by atoms with Gasteiger partial charge in [0.15, 0.2) is 0 Å². The Hall–Kier alpha value is -4.04. The topological polar surface area (TPSA) is 87.2 Å². The van der Waals surface area contributed by atoms with Gasteiger partial charge in [-0.2, -0.15) is 5.10 Å². The van der Waals surface area contributed by atoms with Crippen molar-refractivity contribution in [3.63, 3.8) is 0 Å². The summed E-state index contributed by atoms with van der Waals surface area (Å²) >= 11 is 0. The highest BCUT2D eigenvalue weighted by molar-refractivity contribution is 7.89. The lowest BCUT2D eigenvalue weighted by Gasteiger charge is -2.12. The van der Waals surface area contributed by atoms with E-state index in [1.807, 2.05) is 53.2 Å². The van der Waals surface area contributed by atoms with Crippen LogP contribution in [0.25, 0.3) is 22.4 Å². The molecule has 0 atom stereocenters. The van der Waals surface area contributed by atoms with Crippen LogP contribution in [0.1, 0.15) is 22.4 Å². The van der Waals surface area contributed by atoms with E-state index in [0.717, 1.165) is 44.8 Å². The van der Waals surface area contributed by atoms with Crippen LogP contribution < -0.4 is 5.14 Å². The van der Waals surface area contributed by atoms with Gasteiger partial charge in [0, 0.05) is 11.1 Å². The number of aromatic nitrogens is 2. The summed E-state index contributed by atoms with van der Waals surface area (Å²) in [5.41, 5.74) is 7.83. The zero-order valence-corrected chi connectivity index (χ0v) is 21.9. The summed E-state index contributed by atoms with van der Waals surface area (Å²) in [6, 6.07) is 35.1. The minimum Gasteiger partial charge on any atom is -0.370 e. The summed E-state index contributed by atoms with van der Waals surface area (Å²) in [5.74, 6) is 0. The van der Waals surface area contributed by atoms with Crippen LogP contribution in [-0.2, 0) is 34.5 Å². The second-order valence-electron chi connectivity index (χ2n) is 9.23. The standard InChI is InChI=1S/C31H29N3O3S/c1-23-12-14-26(15-13-23)30-29(22-37-21-25-10-6-3-7-11-25)34(20-24-8-4-2-5-9-24)33-31(30)27-16-18-28(19-17-27)38(32,35)36/h2-19H,20-22H2,1H3,(H2,32,35,36). The van der Waals surface area contributed by atoms with Gasteiger partial charge in [-0.1, -0.05) is 103 Å². The molecule has 1 aromatic heterocycles. The number of aryl methyl sites for hydroxylation is 1. The Balaban J connectivity index is 1.62. The quantitative estimate of drug-likeness (QED) is 0.259. The molecule has 5 aromatic rings. The number of rotatable bonds is 9. The molecule has 4 aromatic carbocycles. The van der Waals surface area contributed by atoms with Crippen LogP contribution in [0.4, 0.5) is 0 Å². The summed E-state index contributed by atoms with van der Waals surface area (Å²) < 4.78 is 31.9. The highest BCUT2D eigenvalue weighted by atomic mass is 32.2. The largest absolute Gasteiger partial charge is 0.370 e. The Bertz CT molecular complexity index is 1610. The van der Waals surface area contributed by atoms with Gasteiger partial charge in [0.2, 0.25) is 10.0 Å². The number of hydrogen-bond acceptors (Lipinski definition) is 4. The molecule has 0 radical (unpaired) electrons. The van der Waals surface area contributed by atoms with Crippen LogP contribution in [0.3, 0.4) is 0 Å². The normalized spacial score (nSPS) is 11.5. The fourth-order valence-electron chi connectivity index (χ4n) is 4.40. The molecule has 1 heterocycles. The van der Waals surface area contributed by atoms with Gasteiger partial charge in [0.25, 0.3) is 0 Å². The molecule has 7 heteroatoms. The van der Waals surface area contributed by atoms with E-state index in [9.17, 15) is 8.42 Å². The molecule has 0 saturated carbocycles. The molecule has 0 aliphatic heterocycles. The molecule has 0 bridgehead atoms. The zero-order valence-electron chi connectivity index (χ0n) is 21.1. The third kappa shape index (κ3) is 5.92. The first-order valence-corrected chi connectivity index (χ1v) is 13.9. The van der Waals surface area contributed by atoms with Crippen LogP contribution in [0, 0.1) is 6.92 Å². The minimum atomic E-state index is -3.80. The number of nitrogens with two attached hydrogens (primary N) is 1. The highest BCUT2D eigenvalue weighted by Crippen LogP contribution is 2.36. The van der Waals surface area contributed by atoms with Crippen molar-refractivity contribution in [1.82, 2.24) is 9.78 Å². The van der Waals surface area contributed by atoms with Crippen molar-refractivity contribution in [3.05, 3.63) is 132 Å². The first-order chi connectivity index (χ1) is 18.4. The zero-order chi connectivity index (χ0) is 26.5. The van der Waals surface area contributed by atoms with Crippen molar-refractivity contribution >= 4 is 10.0 Å². The molecule has 0 saturated heterocycles. The Labute approximate surface area is 223 Å². The van der Waals surface area contributed by atoms with Crippen LogP contribution in [0.2, 0.25) is 0 Å². The van der Waals surface area contributed by atoms with Crippen molar-refractivity contribution in [1.29, 1.82) is 0 Å². The smallest absolute Gasteiger partial charge is 0.238 e. The monoisotopic (exact) mass is 523 g/mol. The third-order valence-corrected chi connectivity index (χ3v) is 7.31. The predicted molar refractivity (Wildman–Crippen MR) is 150 cm³/mol. The molecule has 0 fully saturated rings. The molecule has 0 amide bonds. The fraction of sp³-hybridized carbons (Fsp3) is 0.129. The Morgan fingerprint density at radius 3 is 1.92 bits per heavy atom. The molecule has 0 aliphatic rings. The van der Waals surface area contributed by atoms with E-state index >= 15 is 0 Å². The van der Waals surface area contributed by atoms with Crippen molar-refractivity contribution in [3.8, 4) is 22.4 Å². The fourth-order valence-corrected chi connectivity index (χ4v) is 4.91. The van der Waals surface area contributed by atoms with E-state index in [2.05, 4.69) is 43.3 Å². The highest BCUT2D eigenvalue weighted by Gasteiger charge is 2.22. The van der Waals surface area contributed by atoms with E-state index in [1.165, 1.54) is 12.1 Å². The lowest BCUT2D eigenvalue weighted by atomic mass is 9.98. The first-order valence-electron chi connectivity index (χ1n) is 12.3. The number of nitrogens with zero attached hydrogens (tertiary/aromatic N) is 2. The van der Waals surface area contributed by atoms with Gasteiger partial charge in [-0.3, -0.25) is 4.68 Å². The Kier molecular flexibility index (Phi) is 7.51. The summed E-state index contributed by atoms with van der Waals surface area (Å²) in [5, 5.41) is 10.4. The Morgan fingerprint density at radius 1 is 0.737 bits per heavy atom. The molecule has 6 nitrogen and oxygen atoms in total. The first kappa shape index (κ1) is 25.6. The maximum Gasteiger partial charge on any atom is 0.238 e. The van der Waals surface area contributed by atoms with Gasteiger partial charge in [-0.15, -0.1) is 0 Å². The summed E-state index contributed by atoms with van der Waals surface area (Å²) in [6.07, 6.45) is 0. The van der Waals surface area contributed by atoms with E-state index in [4.69, 9.17) is 15.0 Å². The maximum atomic E-state index is 11.8. The minimum absolute atomic E-state index is 0.0632. The molecule has 0 spiro atoms. The van der Waals surface area contributed by atoms with Gasteiger partial charge in [-0.05, 0) is 35.7 Å². The van der Waals surface area contributed by atoms with Crippen LogP contribution in [-0.4, -0.2) is 18.2 Å². The molecule has 5 rings (SSSR count). The van der Waals surface area contributed by atoms with Crippen LogP contribution in [0.15, 0.2) is 114 Å². The molecule has 0 unspecified atom stereocenters. The van der Waals surface area contributed by atoms with E-state index in [1.54, 1.807) is 12.1 Å². The van der Waals surface area contributed by atoms with Crippen molar-refractivity contribution in [2.24, 2.45) is 5.14 Å². The van der Waals surface area contributed by atoms with Gasteiger partial charge >= 0.3 is 0 Å². The number of sulfonamides is 1. The number of hydrogen-bond donors (Lipinski definition) is 1. The van der Waals surface area contributed by atoms with Crippen LogP contribution >= 0.6 is 0 Å². The van der Waals surface area contributed by atoms with Gasteiger partial charge < -0.3 is 4.74 Å². The van der Waals surface area contributed by atoms with E-state index in [-0.39, 0.29) is 4.90 Å². The second kappa shape index (κ2) is 11.1. The summed E-state index contributed by atoms with van der Waals surface area (Å²) in [4.78, 5) is 0.0632. The molecular formula is C31H29N3O3S. The number of ether oxygens (including phenoxy) is 1. The number of primary sulfonamides is 1. The van der Waals surface area contributed by atoms with Crippen molar-refractivity contribution in [2.45, 2.75) is 31.6 Å². The van der Waals surface area contributed by atoms with Crippen molar-refractivity contribution in [2.75, 3.05) is 0 Å². The predicted octanol–water partition coefficient (Wildman–Crippen LogP) is 5.94. The van der Waals surface area contributed by atoms with Gasteiger partial charge in [0.05, 0.1) is 30.3 Å². The molecule has 38 heavy (non-hydrogen) atoms. The van der Waals surface area contributed by atoms with Crippen molar-refractivity contribution < 1.29 is 13.2 Å². The van der Waals surface area contributed by atoms with E-state index in [0.29, 0.717) is 19.8 Å². The lowest BCUT2D eigenvalue weighted by Crippen LogP contribution is -2.11. The summed E-state index contributed by atoms with van der Waals surface area (Å²) in [6.45, 7) is 3.45.